The van der Waals surface area contributed by atoms with Crippen molar-refractivity contribution in [3.8, 4) is 0 Å². The van der Waals surface area contributed by atoms with Gasteiger partial charge in [-0.3, -0.25) is 14.4 Å². The van der Waals surface area contributed by atoms with Crippen LogP contribution in [0.5, 0.6) is 0 Å². The van der Waals surface area contributed by atoms with E-state index in [2.05, 4.69) is 22.9 Å². The second-order valence-electron chi connectivity index (χ2n) is 10.4. The van der Waals surface area contributed by atoms with Gasteiger partial charge in [-0.15, -0.1) is 0 Å². The van der Waals surface area contributed by atoms with Gasteiger partial charge in [-0.1, -0.05) is 48.4 Å². The number of fused-ring (bicyclic) bond motifs is 5. The number of aliphatic hydroxyl groups is 2. The maximum absolute atomic E-state index is 13.1. The molecule has 4 aliphatic rings. The minimum atomic E-state index is -1.68. The van der Waals surface area contributed by atoms with Crippen LogP contribution in [0.25, 0.3) is 0 Å². The number of hydrogen-bond acceptors (Lipinski definition) is 6. The van der Waals surface area contributed by atoms with Gasteiger partial charge >= 0.3 is 5.97 Å². The minimum Gasteiger partial charge on any atom is -0.458 e. The van der Waals surface area contributed by atoms with E-state index >= 15 is 0 Å². The Kier molecular flexibility index (Phi) is 5.23. The summed E-state index contributed by atoms with van der Waals surface area (Å²) in [5.74, 6) is -1.44. The van der Waals surface area contributed by atoms with Crippen molar-refractivity contribution in [1.29, 1.82) is 0 Å². The molecule has 4 aliphatic carbocycles. The van der Waals surface area contributed by atoms with Crippen molar-refractivity contribution in [2.24, 2.45) is 28.6 Å². The van der Waals surface area contributed by atoms with E-state index in [0.717, 1.165) is 18.4 Å². The summed E-state index contributed by atoms with van der Waals surface area (Å²) in [4.78, 5) is 36.4. The smallest absolute Gasteiger partial charge is 0.303 e. The van der Waals surface area contributed by atoms with Crippen molar-refractivity contribution in [3.63, 3.8) is 0 Å². The third-order valence-corrected chi connectivity index (χ3v) is 11.0. The van der Waals surface area contributed by atoms with Crippen LogP contribution in [-0.2, 0) is 19.1 Å². The van der Waals surface area contributed by atoms with Crippen LogP contribution < -0.4 is 0 Å². The van der Waals surface area contributed by atoms with Crippen molar-refractivity contribution in [1.82, 2.24) is 0 Å². The molecule has 3 fully saturated rings. The summed E-state index contributed by atoms with van der Waals surface area (Å²) in [6, 6.07) is 0. The van der Waals surface area contributed by atoms with Crippen LogP contribution in [0.2, 0.25) is 0 Å². The first-order valence-electron chi connectivity index (χ1n) is 11.0. The quantitative estimate of drug-likeness (QED) is 0.462. The van der Waals surface area contributed by atoms with Crippen molar-refractivity contribution in [2.75, 3.05) is 6.61 Å². The Morgan fingerprint density at radius 3 is 2.61 bits per heavy atom. The number of ketones is 2. The molecule has 6 nitrogen and oxygen atoms in total. The molecule has 2 unspecified atom stereocenters. The number of rotatable bonds is 3. The molecule has 0 heterocycles. The van der Waals surface area contributed by atoms with Crippen LogP contribution in [0.1, 0.15) is 53.4 Å². The van der Waals surface area contributed by atoms with Gasteiger partial charge < -0.3 is 14.9 Å². The number of carbonyl (C=O) groups is 3. The number of esters is 1. The number of ether oxygens (including phenoxy) is 1. The van der Waals surface area contributed by atoms with Gasteiger partial charge in [0, 0.05) is 17.8 Å². The van der Waals surface area contributed by atoms with Crippen molar-refractivity contribution in [3.05, 3.63) is 23.8 Å². The van der Waals surface area contributed by atoms with E-state index < -0.39 is 45.2 Å². The molecule has 0 amide bonds. The van der Waals surface area contributed by atoms with Crippen LogP contribution in [0, 0.1) is 28.6 Å². The summed E-state index contributed by atoms with van der Waals surface area (Å²) in [6.07, 6.45) is 6.70. The zero-order valence-corrected chi connectivity index (χ0v) is 20.1. The zero-order chi connectivity index (χ0) is 23.0. The molecule has 0 aromatic rings. The zero-order valence-electron chi connectivity index (χ0n) is 18.5. The van der Waals surface area contributed by atoms with Crippen molar-refractivity contribution < 1.29 is 29.3 Å². The normalized spacial score (nSPS) is 48.4. The molecule has 0 spiro atoms. The van der Waals surface area contributed by atoms with Crippen LogP contribution >= 0.6 is 15.9 Å². The fourth-order valence-corrected chi connectivity index (χ4v) is 8.51. The third-order valence-electron chi connectivity index (χ3n) is 9.05. The number of aliphatic hydroxyl groups excluding tert-OH is 1. The van der Waals surface area contributed by atoms with Gasteiger partial charge in [-0.2, -0.15) is 0 Å². The van der Waals surface area contributed by atoms with Gasteiger partial charge in [0.15, 0.2) is 12.4 Å². The van der Waals surface area contributed by atoms with E-state index in [1.807, 2.05) is 19.9 Å². The Balaban J connectivity index is 1.76. The lowest BCUT2D eigenvalue weighted by Gasteiger charge is -2.64. The van der Waals surface area contributed by atoms with Gasteiger partial charge in [0.05, 0.1) is 10.4 Å². The summed E-state index contributed by atoms with van der Waals surface area (Å²) in [7, 11) is 0. The fourth-order valence-electron chi connectivity index (χ4n) is 7.42. The van der Waals surface area contributed by atoms with Gasteiger partial charge in [-0.05, 0) is 55.6 Å². The number of carbonyl (C=O) groups excluding carboxylic acids is 3. The highest BCUT2D eigenvalue weighted by atomic mass is 79.9. The first-order valence-corrected chi connectivity index (χ1v) is 11.8. The lowest BCUT2D eigenvalue weighted by molar-refractivity contribution is -0.181. The predicted octanol–water partition coefficient (Wildman–Crippen LogP) is 2.89. The topological polar surface area (TPSA) is 101 Å². The van der Waals surface area contributed by atoms with E-state index in [1.54, 1.807) is 12.2 Å². The molecule has 0 aromatic carbocycles. The molecule has 3 saturated carbocycles. The molecule has 31 heavy (non-hydrogen) atoms. The Morgan fingerprint density at radius 1 is 1.29 bits per heavy atom. The molecule has 4 rings (SSSR count). The second kappa shape index (κ2) is 7.09. The Bertz CT molecular complexity index is 910. The predicted molar refractivity (Wildman–Crippen MR) is 117 cm³/mol. The summed E-state index contributed by atoms with van der Waals surface area (Å²) < 4.78 is 4.24. The average Bonchev–Trinajstić information content (AvgIpc) is 2.89. The van der Waals surface area contributed by atoms with Gasteiger partial charge in [0.2, 0.25) is 5.78 Å². The Hall–Kier alpha value is -1.31. The lowest BCUT2D eigenvalue weighted by Crippen LogP contribution is -2.68. The molecule has 8 atom stereocenters. The van der Waals surface area contributed by atoms with Crippen LogP contribution in [0.15, 0.2) is 23.8 Å². The highest BCUT2D eigenvalue weighted by molar-refractivity contribution is 9.10. The molecular weight excluding hydrogens is 464 g/mol. The monoisotopic (exact) mass is 494 g/mol. The molecule has 0 aliphatic heterocycles. The van der Waals surface area contributed by atoms with E-state index in [1.165, 1.54) is 6.92 Å². The van der Waals surface area contributed by atoms with E-state index in [0.29, 0.717) is 6.42 Å². The first kappa shape index (κ1) is 22.9. The average molecular weight is 495 g/mol. The van der Waals surface area contributed by atoms with Gasteiger partial charge in [-0.25, -0.2) is 0 Å². The number of Topliss-reactive ketones (excluding diaryl/α,β-unsaturated/α-hetero) is 1. The van der Waals surface area contributed by atoms with Gasteiger partial charge in [0.1, 0.15) is 5.60 Å². The number of hydrogen-bond donors (Lipinski definition) is 2. The third kappa shape index (κ3) is 2.78. The maximum atomic E-state index is 13.1. The molecule has 170 valence electrons. The lowest BCUT2D eigenvalue weighted by atomic mass is 9.46. The number of halogens is 1. The highest BCUT2D eigenvalue weighted by Gasteiger charge is 2.74. The summed E-state index contributed by atoms with van der Waals surface area (Å²) in [6.45, 7) is 6.60. The Morgan fingerprint density at radius 2 is 1.97 bits per heavy atom. The van der Waals surface area contributed by atoms with Crippen LogP contribution in [0.4, 0.5) is 0 Å². The molecular formula is C24H31BrO6. The SMILES string of the molecule is CC(=O)OCC(=O)[C@@]1(O)C(C)C[C@H]2[C@@H]3CCC4=CC(=O)C=C[C@]4(C)[C@@]3(Br)C(O)C[C@@]21C. The second-order valence-corrected chi connectivity index (χ2v) is 11.7. The molecule has 0 radical (unpaired) electrons. The number of alkyl halides is 1. The standard InChI is InChI=1S/C24H31BrO6/c1-13-9-18-17-6-5-15-10-16(27)7-8-21(15,3)23(17,25)19(28)11-22(18,4)24(13,30)20(29)12-31-14(2)26/h7-8,10,13,17-19,28,30H,5-6,9,11-12H2,1-4H3/t13?,17-,18-,19?,21-,22-,23-,24-/m0/s1. The largest absolute Gasteiger partial charge is 0.458 e. The van der Waals surface area contributed by atoms with E-state index in [4.69, 9.17) is 4.74 Å². The van der Waals surface area contributed by atoms with Crippen LogP contribution in [0.3, 0.4) is 0 Å². The van der Waals surface area contributed by atoms with E-state index in [-0.39, 0.29) is 30.0 Å². The highest BCUT2D eigenvalue weighted by Crippen LogP contribution is 2.71. The minimum absolute atomic E-state index is 0.000692. The Labute approximate surface area is 191 Å². The first-order chi connectivity index (χ1) is 14.3. The summed E-state index contributed by atoms with van der Waals surface area (Å²) in [5.41, 5.74) is -2.05. The van der Waals surface area contributed by atoms with Crippen molar-refractivity contribution in [2.45, 2.75) is 69.4 Å². The summed E-state index contributed by atoms with van der Waals surface area (Å²) in [5, 5.41) is 23.3. The molecule has 2 N–H and O–H groups in total. The van der Waals surface area contributed by atoms with Crippen molar-refractivity contribution >= 4 is 33.5 Å². The fraction of sp³-hybridized carbons (Fsp3) is 0.708. The molecule has 0 saturated heterocycles. The molecule has 0 bridgehead atoms. The number of allylic oxidation sites excluding steroid dienone is 4. The molecule has 7 heteroatoms. The molecule has 0 aromatic heterocycles. The van der Waals surface area contributed by atoms with Crippen LogP contribution in [-0.4, -0.2) is 50.4 Å². The van der Waals surface area contributed by atoms with E-state index in [9.17, 15) is 24.6 Å². The maximum Gasteiger partial charge on any atom is 0.303 e. The summed E-state index contributed by atoms with van der Waals surface area (Å²) >= 11 is 3.97. The van der Waals surface area contributed by atoms with Gasteiger partial charge in [0.25, 0.3) is 0 Å².